The molecule has 2 aliphatic heterocycles. The van der Waals surface area contributed by atoms with Gasteiger partial charge in [-0.15, -0.1) is 0 Å². The van der Waals surface area contributed by atoms with Crippen LogP contribution in [-0.2, 0) is 22.5 Å². The van der Waals surface area contributed by atoms with E-state index in [9.17, 15) is 9.59 Å². The third-order valence-electron chi connectivity index (χ3n) is 7.20. The number of pyridine rings is 1. The van der Waals surface area contributed by atoms with Crippen molar-refractivity contribution in [3.8, 4) is 11.3 Å². The van der Waals surface area contributed by atoms with Crippen molar-refractivity contribution < 1.29 is 14.3 Å². The monoisotopic (exact) mass is 518 g/mol. The largest absolute Gasteiger partial charge is 0.381 e. The third-order valence-corrected chi connectivity index (χ3v) is 7.48. The normalized spacial score (nSPS) is 19.0. The molecule has 1 unspecified atom stereocenters. The van der Waals surface area contributed by atoms with Gasteiger partial charge in [-0.3, -0.25) is 14.6 Å². The summed E-state index contributed by atoms with van der Waals surface area (Å²) in [5.74, 6) is 0.150. The van der Waals surface area contributed by atoms with Crippen LogP contribution in [0.25, 0.3) is 11.3 Å². The summed E-state index contributed by atoms with van der Waals surface area (Å²) in [5, 5.41) is 6.84. The maximum absolute atomic E-state index is 13.2. The van der Waals surface area contributed by atoms with Gasteiger partial charge in [0.1, 0.15) is 6.54 Å². The average Bonchev–Trinajstić information content (AvgIpc) is 3.46. The molecule has 10 heteroatoms. The van der Waals surface area contributed by atoms with Gasteiger partial charge in [-0.2, -0.15) is 0 Å². The average molecular weight is 519 g/mol. The number of rotatable bonds is 6. The first-order chi connectivity index (χ1) is 18.0. The Balaban J connectivity index is 1.14. The number of ether oxygens (including phenoxy) is 1. The number of benzene rings is 1. The first-order valence-electron chi connectivity index (χ1n) is 12.6. The van der Waals surface area contributed by atoms with Gasteiger partial charge in [0.2, 0.25) is 11.9 Å². The van der Waals surface area contributed by atoms with Crippen LogP contribution in [-0.4, -0.2) is 57.5 Å². The molecule has 0 bridgehead atoms. The smallest absolute Gasteiger partial charge is 0.254 e. The van der Waals surface area contributed by atoms with Crippen LogP contribution in [0.5, 0.6) is 0 Å². The molecule has 4 heterocycles. The van der Waals surface area contributed by atoms with Crippen molar-refractivity contribution in [1.82, 2.24) is 25.2 Å². The van der Waals surface area contributed by atoms with Gasteiger partial charge >= 0.3 is 0 Å². The lowest BCUT2D eigenvalue weighted by molar-refractivity contribution is -0.122. The van der Waals surface area contributed by atoms with E-state index in [1.807, 2.05) is 24.3 Å². The second-order valence-corrected chi connectivity index (χ2v) is 10.1. The summed E-state index contributed by atoms with van der Waals surface area (Å²) in [6.45, 7) is 1.82. The molecule has 2 amide bonds. The van der Waals surface area contributed by atoms with E-state index in [1.165, 1.54) is 0 Å². The maximum atomic E-state index is 13.2. The van der Waals surface area contributed by atoms with Crippen molar-refractivity contribution in [3.63, 3.8) is 0 Å². The number of anilines is 1. The first kappa shape index (κ1) is 23.8. The lowest BCUT2D eigenvalue weighted by atomic mass is 10.0. The minimum Gasteiger partial charge on any atom is -0.381 e. The quantitative estimate of drug-likeness (QED) is 0.513. The van der Waals surface area contributed by atoms with E-state index >= 15 is 0 Å². The number of halogens is 1. The van der Waals surface area contributed by atoms with Crippen molar-refractivity contribution in [2.45, 2.75) is 44.3 Å². The molecule has 0 saturated carbocycles. The molecular formula is C27H27ClN6O3. The molecule has 3 aromatic rings. The number of carbonyl (C=O) groups is 2. The highest BCUT2D eigenvalue weighted by Crippen LogP contribution is 2.32. The molecule has 190 valence electrons. The number of carbonyl (C=O) groups excluding carboxylic acids is 2. The Morgan fingerprint density at radius 2 is 2.03 bits per heavy atom. The number of hydrogen-bond acceptors (Lipinski definition) is 7. The topological polar surface area (TPSA) is 109 Å². The highest BCUT2D eigenvalue weighted by Gasteiger charge is 2.31. The molecule has 0 radical (unpaired) electrons. The van der Waals surface area contributed by atoms with Crippen LogP contribution in [0, 0.1) is 0 Å². The zero-order valence-corrected chi connectivity index (χ0v) is 21.0. The van der Waals surface area contributed by atoms with Gasteiger partial charge in [0.15, 0.2) is 0 Å². The molecule has 6 rings (SSSR count). The number of nitrogens with zero attached hydrogens (tertiary/aromatic N) is 4. The fourth-order valence-corrected chi connectivity index (χ4v) is 5.48. The van der Waals surface area contributed by atoms with E-state index < -0.39 is 0 Å². The number of amides is 2. The first-order valence-corrected chi connectivity index (χ1v) is 13.0. The van der Waals surface area contributed by atoms with Gasteiger partial charge in [-0.05, 0) is 48.9 Å². The second kappa shape index (κ2) is 10.1. The minimum atomic E-state index is -0.175. The van der Waals surface area contributed by atoms with Crippen LogP contribution < -0.4 is 10.6 Å². The predicted molar refractivity (Wildman–Crippen MR) is 138 cm³/mol. The summed E-state index contributed by atoms with van der Waals surface area (Å²) in [4.78, 5) is 41.0. The lowest BCUT2D eigenvalue weighted by Gasteiger charge is -2.23. The van der Waals surface area contributed by atoms with Gasteiger partial charge in [0, 0.05) is 48.8 Å². The fraction of sp³-hybridized carbons (Fsp3) is 0.370. The van der Waals surface area contributed by atoms with E-state index in [0.717, 1.165) is 48.1 Å². The molecule has 1 atom stereocenters. The van der Waals surface area contributed by atoms with Gasteiger partial charge < -0.3 is 20.3 Å². The van der Waals surface area contributed by atoms with Crippen molar-refractivity contribution in [3.05, 3.63) is 70.1 Å². The van der Waals surface area contributed by atoms with Crippen LogP contribution in [0.2, 0.25) is 5.02 Å². The zero-order valence-electron chi connectivity index (χ0n) is 20.2. The number of nitrogens with one attached hydrogen (secondary N) is 2. The molecule has 2 N–H and O–H groups in total. The second-order valence-electron chi connectivity index (χ2n) is 9.65. The molecular weight excluding hydrogens is 492 g/mol. The molecule has 0 spiro atoms. The summed E-state index contributed by atoms with van der Waals surface area (Å²) in [6, 6.07) is 9.69. The summed E-state index contributed by atoms with van der Waals surface area (Å²) in [7, 11) is 0. The van der Waals surface area contributed by atoms with E-state index in [2.05, 4.69) is 25.6 Å². The molecule has 2 aromatic heterocycles. The Bertz CT molecular complexity index is 1360. The van der Waals surface area contributed by atoms with Crippen molar-refractivity contribution in [2.24, 2.45) is 0 Å². The van der Waals surface area contributed by atoms with Gasteiger partial charge in [-0.25, -0.2) is 9.97 Å². The van der Waals surface area contributed by atoms with Crippen LogP contribution >= 0.6 is 11.6 Å². The van der Waals surface area contributed by atoms with Gasteiger partial charge in [0.05, 0.1) is 23.0 Å². The molecule has 3 aliphatic rings. The molecule has 1 saturated heterocycles. The highest BCUT2D eigenvalue weighted by atomic mass is 35.5. The Labute approximate surface area is 219 Å². The Kier molecular flexibility index (Phi) is 6.48. The zero-order chi connectivity index (χ0) is 25.4. The number of hydrogen-bond donors (Lipinski definition) is 2. The Morgan fingerprint density at radius 1 is 1.16 bits per heavy atom. The summed E-state index contributed by atoms with van der Waals surface area (Å²) in [5.41, 5.74) is 4.82. The number of fused-ring (bicyclic) bond motifs is 2. The third kappa shape index (κ3) is 4.89. The Hall–Kier alpha value is -3.56. The molecule has 9 nitrogen and oxygen atoms in total. The van der Waals surface area contributed by atoms with Gasteiger partial charge in [0.25, 0.3) is 5.91 Å². The van der Waals surface area contributed by atoms with E-state index in [-0.39, 0.29) is 30.4 Å². The van der Waals surface area contributed by atoms with Gasteiger partial charge in [-0.1, -0.05) is 29.8 Å². The van der Waals surface area contributed by atoms with Crippen LogP contribution in [0.1, 0.15) is 52.5 Å². The summed E-state index contributed by atoms with van der Waals surface area (Å²) in [6.07, 6.45) is 6.80. The SMILES string of the molecule is O=C(CN1Cc2ccc(-c3nc(NC4CCOCC4)ncc3Cl)cc2C1=O)NC1CCc2ncccc21. The molecule has 1 aliphatic carbocycles. The number of aryl methyl sites for hydroxylation is 1. The van der Waals surface area contributed by atoms with Crippen molar-refractivity contribution >= 4 is 29.4 Å². The van der Waals surface area contributed by atoms with Crippen molar-refractivity contribution in [2.75, 3.05) is 25.1 Å². The van der Waals surface area contributed by atoms with E-state index in [0.29, 0.717) is 42.0 Å². The number of aromatic nitrogens is 3. The minimum absolute atomic E-state index is 0.00236. The fourth-order valence-electron chi connectivity index (χ4n) is 5.28. The summed E-state index contributed by atoms with van der Waals surface area (Å²) < 4.78 is 5.42. The standard InChI is InChI=1S/C27H27ClN6O3/c28-21-13-30-27(31-18-7-10-37-11-8-18)33-25(21)16-3-4-17-14-34(26(36)20(17)12-16)15-24(35)32-23-6-5-22-19(23)2-1-9-29-22/h1-4,9,12-13,18,23H,5-8,10-11,14-15H2,(H,32,35)(H,30,31,33). The molecule has 1 aromatic carbocycles. The summed E-state index contributed by atoms with van der Waals surface area (Å²) >= 11 is 6.45. The predicted octanol–water partition coefficient (Wildman–Crippen LogP) is 3.54. The highest BCUT2D eigenvalue weighted by molar-refractivity contribution is 6.33. The maximum Gasteiger partial charge on any atom is 0.254 e. The van der Waals surface area contributed by atoms with E-state index in [4.69, 9.17) is 16.3 Å². The lowest BCUT2D eigenvalue weighted by Crippen LogP contribution is -2.38. The van der Waals surface area contributed by atoms with Crippen LogP contribution in [0.4, 0.5) is 5.95 Å². The molecule has 37 heavy (non-hydrogen) atoms. The van der Waals surface area contributed by atoms with E-state index in [1.54, 1.807) is 23.4 Å². The van der Waals surface area contributed by atoms with Crippen molar-refractivity contribution in [1.29, 1.82) is 0 Å². The van der Waals surface area contributed by atoms with Crippen LogP contribution in [0.15, 0.2) is 42.7 Å². The molecule has 1 fully saturated rings. The van der Waals surface area contributed by atoms with Crippen LogP contribution in [0.3, 0.4) is 0 Å². The Morgan fingerprint density at radius 3 is 2.89 bits per heavy atom.